The number of hydrogen-bond donors (Lipinski definition) is 1. The fourth-order valence-electron chi connectivity index (χ4n) is 1.29. The third kappa shape index (κ3) is 3.46. The number of hydrogen-bond acceptors (Lipinski definition) is 2. The summed E-state index contributed by atoms with van der Waals surface area (Å²) in [6.07, 6.45) is -4.55. The molecule has 1 aromatic carbocycles. The molecule has 0 atom stereocenters. The number of rotatable bonds is 3. The molecule has 9 heteroatoms. The summed E-state index contributed by atoms with van der Waals surface area (Å²) in [6, 6.07) is 2.43. The molecule has 0 radical (unpaired) electrons. The molecule has 1 aromatic rings. The van der Waals surface area contributed by atoms with Crippen LogP contribution in [-0.4, -0.2) is 11.1 Å². The maximum Gasteiger partial charge on any atom is 0.419 e. The third-order valence-corrected chi connectivity index (χ3v) is 1.99. The van der Waals surface area contributed by atoms with Gasteiger partial charge in [0.25, 0.3) is 0 Å². The predicted molar refractivity (Wildman–Crippen MR) is 56.2 cm³/mol. The second-order valence-corrected chi connectivity index (χ2v) is 3.23. The zero-order chi connectivity index (χ0) is 14.6. The molecular formula is C10H5F4N3O2. The quantitative estimate of drug-likeness (QED) is 0.300. The molecular weight excluding hydrogens is 270 g/mol. The van der Waals surface area contributed by atoms with Crippen molar-refractivity contribution >= 4 is 12.0 Å². The number of aliphatic carboxylic acids is 1. The molecule has 0 saturated heterocycles. The zero-order valence-corrected chi connectivity index (χ0v) is 9.02. The summed E-state index contributed by atoms with van der Waals surface area (Å²) < 4.78 is 51.1. The molecule has 1 rings (SSSR count). The molecule has 19 heavy (non-hydrogen) atoms. The molecule has 0 heterocycles. The van der Waals surface area contributed by atoms with Crippen LogP contribution in [0.1, 0.15) is 11.1 Å². The lowest BCUT2D eigenvalue weighted by Crippen LogP contribution is -2.11. The number of carbonyl (C=O) groups is 1. The zero-order valence-electron chi connectivity index (χ0n) is 9.02. The van der Waals surface area contributed by atoms with Crippen LogP contribution in [0.15, 0.2) is 29.0 Å². The minimum atomic E-state index is -5.00. The van der Waals surface area contributed by atoms with Crippen LogP contribution in [-0.2, 0) is 11.0 Å². The molecule has 0 unspecified atom stereocenters. The van der Waals surface area contributed by atoms with Gasteiger partial charge in [-0.3, -0.25) is 0 Å². The normalized spacial score (nSPS) is 11.9. The average molecular weight is 275 g/mol. The van der Waals surface area contributed by atoms with Crippen molar-refractivity contribution in [3.05, 3.63) is 51.3 Å². The van der Waals surface area contributed by atoms with Crippen molar-refractivity contribution in [1.82, 2.24) is 0 Å². The van der Waals surface area contributed by atoms with E-state index >= 15 is 0 Å². The van der Waals surface area contributed by atoms with Gasteiger partial charge in [-0.15, -0.1) is 0 Å². The van der Waals surface area contributed by atoms with Crippen LogP contribution in [0.4, 0.5) is 17.6 Å². The Morgan fingerprint density at radius 3 is 2.53 bits per heavy atom. The van der Waals surface area contributed by atoms with Gasteiger partial charge in [0.2, 0.25) is 0 Å². The van der Waals surface area contributed by atoms with E-state index in [0.29, 0.717) is 12.1 Å². The summed E-state index contributed by atoms with van der Waals surface area (Å²) >= 11 is 0. The highest BCUT2D eigenvalue weighted by molar-refractivity contribution is 5.92. The lowest BCUT2D eigenvalue weighted by atomic mass is 10.1. The van der Waals surface area contributed by atoms with Gasteiger partial charge in [0.15, 0.2) is 0 Å². The van der Waals surface area contributed by atoms with Crippen molar-refractivity contribution < 1.29 is 27.5 Å². The Balaban J connectivity index is 3.52. The first-order valence-corrected chi connectivity index (χ1v) is 4.63. The monoisotopic (exact) mass is 275 g/mol. The van der Waals surface area contributed by atoms with Gasteiger partial charge in [-0.05, 0) is 23.2 Å². The van der Waals surface area contributed by atoms with E-state index in [2.05, 4.69) is 10.0 Å². The summed E-state index contributed by atoms with van der Waals surface area (Å²) in [5.74, 6) is -3.28. The molecule has 1 N–H and O–H groups in total. The summed E-state index contributed by atoms with van der Waals surface area (Å²) in [6.45, 7) is 0. The first-order chi connectivity index (χ1) is 8.77. The first kappa shape index (κ1) is 14.5. The maximum absolute atomic E-state index is 13.2. The van der Waals surface area contributed by atoms with E-state index in [1.807, 2.05) is 0 Å². The van der Waals surface area contributed by atoms with Crippen molar-refractivity contribution in [2.24, 2.45) is 5.11 Å². The van der Waals surface area contributed by atoms with Crippen molar-refractivity contribution in [2.45, 2.75) is 6.18 Å². The number of nitrogens with zero attached hydrogens (tertiary/aromatic N) is 3. The molecule has 100 valence electrons. The highest BCUT2D eigenvalue weighted by atomic mass is 19.4. The number of carboxylic acids is 1. The number of carboxylic acid groups (broad SMARTS) is 1. The number of azide groups is 1. The van der Waals surface area contributed by atoms with E-state index in [0.717, 1.165) is 12.1 Å². The Bertz CT molecular complexity index is 585. The predicted octanol–water partition coefficient (Wildman–Crippen LogP) is 3.58. The summed E-state index contributed by atoms with van der Waals surface area (Å²) in [5.41, 5.74) is 4.77. The van der Waals surface area contributed by atoms with Crippen molar-refractivity contribution in [2.75, 3.05) is 0 Å². The third-order valence-electron chi connectivity index (χ3n) is 1.99. The fourth-order valence-corrected chi connectivity index (χ4v) is 1.29. The van der Waals surface area contributed by atoms with Crippen molar-refractivity contribution in [1.29, 1.82) is 0 Å². The summed E-state index contributed by atoms with van der Waals surface area (Å²) in [7, 11) is 0. The highest BCUT2D eigenvalue weighted by Crippen LogP contribution is 2.35. The molecule has 0 aliphatic heterocycles. The Labute approximate surface area is 103 Å². The standard InChI is InChI=1S/C10H5F4N3O2/c11-6-3-1-2-5(8(6)10(12,13)14)4-7(9(18)19)16-17-15/h1-4H,(H,18,19)/b7-4-. The largest absolute Gasteiger partial charge is 0.478 e. The van der Waals surface area contributed by atoms with E-state index in [9.17, 15) is 22.4 Å². The first-order valence-electron chi connectivity index (χ1n) is 4.63. The van der Waals surface area contributed by atoms with Crippen LogP contribution in [0, 0.1) is 5.82 Å². The van der Waals surface area contributed by atoms with Gasteiger partial charge in [-0.1, -0.05) is 17.2 Å². The van der Waals surface area contributed by atoms with Crippen LogP contribution in [0.3, 0.4) is 0 Å². The van der Waals surface area contributed by atoms with Gasteiger partial charge >= 0.3 is 12.1 Å². The van der Waals surface area contributed by atoms with Crippen LogP contribution < -0.4 is 0 Å². The van der Waals surface area contributed by atoms with Crippen molar-refractivity contribution in [3.8, 4) is 0 Å². The smallest absolute Gasteiger partial charge is 0.419 e. The van der Waals surface area contributed by atoms with E-state index < -0.39 is 34.8 Å². The van der Waals surface area contributed by atoms with Crippen LogP contribution >= 0.6 is 0 Å². The molecule has 0 saturated carbocycles. The highest BCUT2D eigenvalue weighted by Gasteiger charge is 2.36. The Kier molecular flexibility index (Phi) is 4.13. The van der Waals surface area contributed by atoms with Gasteiger partial charge in [0.05, 0.1) is 5.56 Å². The number of benzene rings is 1. The minimum absolute atomic E-state index is 0.452. The van der Waals surface area contributed by atoms with Gasteiger partial charge < -0.3 is 5.11 Å². The van der Waals surface area contributed by atoms with Crippen LogP contribution in [0.5, 0.6) is 0 Å². The number of halogens is 4. The van der Waals surface area contributed by atoms with Gasteiger partial charge in [-0.25, -0.2) is 9.18 Å². The Morgan fingerprint density at radius 1 is 1.42 bits per heavy atom. The lowest BCUT2D eigenvalue weighted by Gasteiger charge is -2.11. The molecule has 0 amide bonds. The van der Waals surface area contributed by atoms with Gasteiger partial charge in [0, 0.05) is 4.91 Å². The van der Waals surface area contributed by atoms with E-state index in [1.54, 1.807) is 0 Å². The minimum Gasteiger partial charge on any atom is -0.478 e. The second kappa shape index (κ2) is 5.40. The van der Waals surface area contributed by atoms with Crippen LogP contribution in [0.2, 0.25) is 0 Å². The number of alkyl halides is 3. The maximum atomic E-state index is 13.2. The Morgan fingerprint density at radius 2 is 2.05 bits per heavy atom. The van der Waals surface area contributed by atoms with E-state index in [-0.39, 0.29) is 0 Å². The van der Waals surface area contributed by atoms with Crippen LogP contribution in [0.25, 0.3) is 16.5 Å². The molecule has 0 spiro atoms. The molecule has 0 aromatic heterocycles. The topological polar surface area (TPSA) is 86.1 Å². The average Bonchev–Trinajstić information content (AvgIpc) is 2.26. The molecule has 0 bridgehead atoms. The van der Waals surface area contributed by atoms with E-state index in [1.165, 1.54) is 0 Å². The molecule has 5 nitrogen and oxygen atoms in total. The van der Waals surface area contributed by atoms with Gasteiger partial charge in [-0.2, -0.15) is 13.2 Å². The second-order valence-electron chi connectivity index (χ2n) is 3.23. The fraction of sp³-hybridized carbons (Fsp3) is 0.100. The summed E-state index contributed by atoms with van der Waals surface area (Å²) in [4.78, 5) is 12.8. The van der Waals surface area contributed by atoms with Crippen molar-refractivity contribution in [3.63, 3.8) is 0 Å². The Hall–Kier alpha value is -2.54. The molecule has 0 fully saturated rings. The van der Waals surface area contributed by atoms with Gasteiger partial charge in [0.1, 0.15) is 11.5 Å². The summed E-state index contributed by atoms with van der Waals surface area (Å²) in [5, 5.41) is 11.3. The SMILES string of the molecule is [N-]=[N+]=N/C(=C\c1cccc(F)c1C(F)(F)F)C(=O)O. The van der Waals surface area contributed by atoms with E-state index in [4.69, 9.17) is 10.6 Å². The molecule has 0 aliphatic carbocycles. The lowest BCUT2D eigenvalue weighted by molar-refractivity contribution is -0.140. The molecule has 0 aliphatic rings.